The second-order valence-electron chi connectivity index (χ2n) is 8.35. The summed E-state index contributed by atoms with van der Waals surface area (Å²) in [6.45, 7) is 2.65. The monoisotopic (exact) mass is 486 g/mol. The SMILES string of the molecule is COc1ccc(/C=C/C(=O)N2CCN(c3ccc(C(=O)Nc4ccccc4N)cc3)CC2)cc1OC. The van der Waals surface area contributed by atoms with E-state index in [1.54, 1.807) is 50.6 Å². The van der Waals surface area contributed by atoms with E-state index in [0.29, 0.717) is 54.6 Å². The van der Waals surface area contributed by atoms with Crippen molar-refractivity contribution in [1.29, 1.82) is 0 Å². The van der Waals surface area contributed by atoms with Crippen LogP contribution in [0.1, 0.15) is 15.9 Å². The predicted molar refractivity (Wildman–Crippen MR) is 143 cm³/mol. The first-order valence-corrected chi connectivity index (χ1v) is 11.7. The van der Waals surface area contributed by atoms with Crippen molar-refractivity contribution in [3.8, 4) is 11.5 Å². The summed E-state index contributed by atoms with van der Waals surface area (Å²) in [5, 5.41) is 2.84. The van der Waals surface area contributed by atoms with E-state index in [1.165, 1.54) is 0 Å². The number of nitrogen functional groups attached to an aromatic ring is 1. The maximum absolute atomic E-state index is 12.7. The van der Waals surface area contributed by atoms with E-state index < -0.39 is 0 Å². The number of hydrogen-bond acceptors (Lipinski definition) is 6. The first-order chi connectivity index (χ1) is 17.5. The number of hydrogen-bond donors (Lipinski definition) is 2. The van der Waals surface area contributed by atoms with Crippen LogP contribution in [0.5, 0.6) is 11.5 Å². The van der Waals surface area contributed by atoms with E-state index in [2.05, 4.69) is 10.2 Å². The summed E-state index contributed by atoms with van der Waals surface area (Å²) in [4.78, 5) is 29.3. The van der Waals surface area contributed by atoms with Gasteiger partial charge in [-0.25, -0.2) is 0 Å². The largest absolute Gasteiger partial charge is 0.493 e. The Labute approximate surface area is 210 Å². The van der Waals surface area contributed by atoms with Gasteiger partial charge >= 0.3 is 0 Å². The topological polar surface area (TPSA) is 97.1 Å². The quantitative estimate of drug-likeness (QED) is 0.388. The average molecular weight is 487 g/mol. The average Bonchev–Trinajstić information content (AvgIpc) is 2.93. The number of amides is 2. The minimum Gasteiger partial charge on any atom is -0.493 e. The third-order valence-corrected chi connectivity index (χ3v) is 6.12. The summed E-state index contributed by atoms with van der Waals surface area (Å²) >= 11 is 0. The van der Waals surface area contributed by atoms with Crippen LogP contribution in [0.4, 0.5) is 17.1 Å². The fourth-order valence-electron chi connectivity index (χ4n) is 4.04. The van der Waals surface area contributed by atoms with Crippen molar-refractivity contribution in [3.63, 3.8) is 0 Å². The lowest BCUT2D eigenvalue weighted by atomic mass is 10.1. The molecule has 3 aromatic rings. The molecular formula is C28H30N4O4. The van der Waals surface area contributed by atoms with Crippen molar-refractivity contribution in [2.75, 3.05) is 56.3 Å². The first-order valence-electron chi connectivity index (χ1n) is 11.7. The second-order valence-corrected chi connectivity index (χ2v) is 8.35. The number of nitrogens with two attached hydrogens (primary N) is 1. The van der Waals surface area contributed by atoms with Crippen molar-refractivity contribution in [3.05, 3.63) is 83.9 Å². The fraction of sp³-hybridized carbons (Fsp3) is 0.214. The number of rotatable bonds is 7. The van der Waals surface area contributed by atoms with Crippen molar-refractivity contribution in [1.82, 2.24) is 4.90 Å². The van der Waals surface area contributed by atoms with Gasteiger partial charge in [-0.3, -0.25) is 9.59 Å². The summed E-state index contributed by atoms with van der Waals surface area (Å²) in [6, 6.07) is 20.1. The Morgan fingerprint density at radius 3 is 2.25 bits per heavy atom. The number of anilines is 3. The second kappa shape index (κ2) is 11.3. The number of nitrogens with one attached hydrogen (secondary N) is 1. The summed E-state index contributed by atoms with van der Waals surface area (Å²) in [7, 11) is 3.17. The standard InChI is InChI=1S/C28H30N4O4/c1-35-25-13-7-20(19-26(25)36-2)8-14-27(33)32-17-15-31(16-18-32)22-11-9-21(10-12-22)28(34)30-24-6-4-3-5-23(24)29/h3-14,19H,15-18,29H2,1-2H3,(H,30,34)/b14-8+. The van der Waals surface area contributed by atoms with Crippen LogP contribution in [-0.2, 0) is 4.79 Å². The van der Waals surface area contributed by atoms with Crippen LogP contribution in [-0.4, -0.2) is 57.1 Å². The van der Waals surface area contributed by atoms with Gasteiger partial charge in [0.15, 0.2) is 11.5 Å². The third kappa shape index (κ3) is 5.78. The molecule has 36 heavy (non-hydrogen) atoms. The molecule has 0 bridgehead atoms. The molecule has 0 unspecified atom stereocenters. The van der Waals surface area contributed by atoms with Gasteiger partial charge in [0.2, 0.25) is 5.91 Å². The number of benzene rings is 3. The van der Waals surface area contributed by atoms with E-state index in [-0.39, 0.29) is 11.8 Å². The molecule has 186 valence electrons. The van der Waals surface area contributed by atoms with Crippen molar-refractivity contribution in [2.45, 2.75) is 0 Å². The molecule has 0 radical (unpaired) electrons. The normalized spacial score (nSPS) is 13.5. The molecule has 1 saturated heterocycles. The highest BCUT2D eigenvalue weighted by Gasteiger charge is 2.20. The number of para-hydroxylation sites is 2. The molecule has 8 heteroatoms. The number of carbonyl (C=O) groups is 2. The number of ether oxygens (including phenoxy) is 2. The minimum atomic E-state index is -0.212. The molecule has 4 rings (SSSR count). The fourth-order valence-corrected chi connectivity index (χ4v) is 4.04. The maximum atomic E-state index is 12.7. The van der Waals surface area contributed by atoms with E-state index >= 15 is 0 Å². The highest BCUT2D eigenvalue weighted by atomic mass is 16.5. The molecule has 1 aliphatic rings. The molecule has 2 amide bonds. The predicted octanol–water partition coefficient (Wildman–Crippen LogP) is 3.90. The van der Waals surface area contributed by atoms with Gasteiger partial charge in [0, 0.05) is 43.5 Å². The van der Waals surface area contributed by atoms with Gasteiger partial charge in [-0.15, -0.1) is 0 Å². The van der Waals surface area contributed by atoms with Crippen LogP contribution in [0.15, 0.2) is 72.8 Å². The molecule has 3 N–H and O–H groups in total. The molecule has 0 saturated carbocycles. The van der Waals surface area contributed by atoms with Crippen LogP contribution in [0, 0.1) is 0 Å². The van der Waals surface area contributed by atoms with Crippen LogP contribution in [0.3, 0.4) is 0 Å². The molecule has 0 atom stereocenters. The van der Waals surface area contributed by atoms with Crippen molar-refractivity contribution < 1.29 is 19.1 Å². The maximum Gasteiger partial charge on any atom is 0.255 e. The highest BCUT2D eigenvalue weighted by molar-refractivity contribution is 6.05. The zero-order valence-corrected chi connectivity index (χ0v) is 20.4. The van der Waals surface area contributed by atoms with Crippen LogP contribution in [0.25, 0.3) is 6.08 Å². The molecule has 1 aliphatic heterocycles. The molecule has 0 spiro atoms. The Kier molecular flexibility index (Phi) is 7.75. The van der Waals surface area contributed by atoms with E-state index in [4.69, 9.17) is 15.2 Å². The molecule has 1 fully saturated rings. The Balaban J connectivity index is 1.30. The number of piperazine rings is 1. The number of methoxy groups -OCH3 is 2. The Hall–Kier alpha value is -4.46. The van der Waals surface area contributed by atoms with Gasteiger partial charge in [-0.1, -0.05) is 18.2 Å². The highest BCUT2D eigenvalue weighted by Crippen LogP contribution is 2.28. The Morgan fingerprint density at radius 2 is 1.58 bits per heavy atom. The van der Waals surface area contributed by atoms with Crippen LogP contribution < -0.4 is 25.4 Å². The van der Waals surface area contributed by atoms with Gasteiger partial charge in [0.05, 0.1) is 25.6 Å². The molecule has 0 aliphatic carbocycles. The summed E-state index contributed by atoms with van der Waals surface area (Å²) in [5.74, 6) is 1.02. The van der Waals surface area contributed by atoms with Gasteiger partial charge in [0.1, 0.15) is 0 Å². The number of nitrogens with zero attached hydrogens (tertiary/aromatic N) is 2. The van der Waals surface area contributed by atoms with E-state index in [1.807, 2.05) is 47.4 Å². The van der Waals surface area contributed by atoms with Gasteiger partial charge in [-0.05, 0) is 60.2 Å². The van der Waals surface area contributed by atoms with E-state index in [0.717, 1.165) is 11.3 Å². The van der Waals surface area contributed by atoms with E-state index in [9.17, 15) is 9.59 Å². The molecule has 0 aromatic heterocycles. The van der Waals surface area contributed by atoms with Crippen molar-refractivity contribution >= 4 is 35.0 Å². The van der Waals surface area contributed by atoms with Gasteiger partial charge in [0.25, 0.3) is 5.91 Å². The Bertz CT molecular complexity index is 1250. The smallest absolute Gasteiger partial charge is 0.255 e. The third-order valence-electron chi connectivity index (χ3n) is 6.12. The summed E-state index contributed by atoms with van der Waals surface area (Å²) < 4.78 is 10.6. The molecule has 1 heterocycles. The lowest BCUT2D eigenvalue weighted by Crippen LogP contribution is -2.48. The summed E-state index contributed by atoms with van der Waals surface area (Å²) in [5.41, 5.74) is 9.45. The minimum absolute atomic E-state index is 0.0309. The molecule has 3 aromatic carbocycles. The zero-order valence-electron chi connectivity index (χ0n) is 20.4. The van der Waals surface area contributed by atoms with Crippen molar-refractivity contribution in [2.24, 2.45) is 0 Å². The molecular weight excluding hydrogens is 456 g/mol. The van der Waals surface area contributed by atoms with Crippen LogP contribution in [0.2, 0.25) is 0 Å². The zero-order chi connectivity index (χ0) is 25.5. The summed E-state index contributed by atoms with van der Waals surface area (Å²) in [6.07, 6.45) is 3.37. The molecule has 8 nitrogen and oxygen atoms in total. The van der Waals surface area contributed by atoms with Gasteiger partial charge in [-0.2, -0.15) is 0 Å². The first kappa shape index (κ1) is 24.7. The Morgan fingerprint density at radius 1 is 0.889 bits per heavy atom. The lowest BCUT2D eigenvalue weighted by molar-refractivity contribution is -0.126. The van der Waals surface area contributed by atoms with Gasteiger partial charge < -0.3 is 30.3 Å². The number of carbonyl (C=O) groups excluding carboxylic acids is 2. The van der Waals surface area contributed by atoms with Crippen LogP contribution >= 0.6 is 0 Å². The lowest BCUT2D eigenvalue weighted by Gasteiger charge is -2.35.